The van der Waals surface area contributed by atoms with Crippen molar-refractivity contribution in [1.82, 2.24) is 0 Å². The van der Waals surface area contributed by atoms with Crippen LogP contribution in [0.25, 0.3) is 6.08 Å². The zero-order valence-corrected chi connectivity index (χ0v) is 10.4. The summed E-state index contributed by atoms with van der Waals surface area (Å²) in [5.74, 6) is -0.252. The second kappa shape index (κ2) is 4.93. The molecule has 0 saturated heterocycles. The maximum Gasteiger partial charge on any atom is 0.317 e. The van der Waals surface area contributed by atoms with Gasteiger partial charge in [0, 0.05) is 6.08 Å². The van der Waals surface area contributed by atoms with Gasteiger partial charge in [-0.2, -0.15) is 0 Å². The van der Waals surface area contributed by atoms with E-state index in [1.807, 2.05) is 50.0 Å². The zero-order valence-electron chi connectivity index (χ0n) is 9.36. The molecule has 0 heterocycles. The van der Waals surface area contributed by atoms with Gasteiger partial charge in [0.05, 0.1) is 0 Å². The largest absolute Gasteiger partial charge is 0.517 e. The fourth-order valence-corrected chi connectivity index (χ4v) is 1.74. The highest BCUT2D eigenvalue weighted by Crippen LogP contribution is 2.05. The van der Waals surface area contributed by atoms with Crippen LogP contribution in [0.5, 0.6) is 0 Å². The molecule has 80 valence electrons. The zero-order chi connectivity index (χ0) is 11.3. The summed E-state index contributed by atoms with van der Waals surface area (Å²) in [4.78, 5) is 11.4. The van der Waals surface area contributed by atoms with Crippen molar-refractivity contribution in [3.8, 4) is 0 Å². The van der Waals surface area contributed by atoms with Crippen molar-refractivity contribution in [2.45, 2.75) is 19.6 Å². The van der Waals surface area contributed by atoms with E-state index >= 15 is 0 Å². The second-order valence-electron chi connectivity index (χ2n) is 4.28. The molecule has 0 atom stereocenters. The quantitative estimate of drug-likeness (QED) is 0.578. The summed E-state index contributed by atoms with van der Waals surface area (Å²) in [6.45, 7) is 5.96. The Morgan fingerprint density at radius 1 is 1.20 bits per heavy atom. The van der Waals surface area contributed by atoms with Gasteiger partial charge >= 0.3 is 5.97 Å². The van der Waals surface area contributed by atoms with E-state index in [-0.39, 0.29) is 5.97 Å². The molecule has 3 heteroatoms. The molecule has 0 fully saturated rings. The molecule has 0 N–H and O–H groups in total. The van der Waals surface area contributed by atoms with E-state index in [0.29, 0.717) is 0 Å². The van der Waals surface area contributed by atoms with Crippen molar-refractivity contribution in [1.29, 1.82) is 0 Å². The Hall–Kier alpha value is -1.35. The Labute approximate surface area is 91.7 Å². The second-order valence-corrected chi connectivity index (χ2v) is 8.71. The van der Waals surface area contributed by atoms with Crippen LogP contribution in [0.1, 0.15) is 5.56 Å². The Morgan fingerprint density at radius 3 is 2.33 bits per heavy atom. The highest BCUT2D eigenvalue weighted by Gasteiger charge is 2.17. The van der Waals surface area contributed by atoms with E-state index in [1.165, 1.54) is 6.08 Å². The van der Waals surface area contributed by atoms with Gasteiger partial charge in [-0.3, -0.25) is 0 Å². The highest BCUT2D eigenvalue weighted by atomic mass is 28.4. The lowest BCUT2D eigenvalue weighted by molar-refractivity contribution is -0.129. The first kappa shape index (κ1) is 11.7. The van der Waals surface area contributed by atoms with E-state index in [9.17, 15) is 4.79 Å². The molecule has 0 radical (unpaired) electrons. The SMILES string of the molecule is C[Si](C)(C)OC(=O)C=Cc1ccccc1. The molecule has 1 rings (SSSR count). The summed E-state index contributed by atoms with van der Waals surface area (Å²) >= 11 is 0. The minimum absolute atomic E-state index is 0.252. The van der Waals surface area contributed by atoms with E-state index in [0.717, 1.165) is 5.56 Å². The van der Waals surface area contributed by atoms with Crippen LogP contribution in [-0.4, -0.2) is 14.3 Å². The highest BCUT2D eigenvalue weighted by molar-refractivity contribution is 6.71. The average Bonchev–Trinajstić information content (AvgIpc) is 2.14. The van der Waals surface area contributed by atoms with Crippen LogP contribution >= 0.6 is 0 Å². The summed E-state index contributed by atoms with van der Waals surface area (Å²) in [6.07, 6.45) is 3.25. The number of benzene rings is 1. The van der Waals surface area contributed by atoms with Crippen molar-refractivity contribution in [3.63, 3.8) is 0 Å². The predicted octanol–water partition coefficient (Wildman–Crippen LogP) is 3.08. The van der Waals surface area contributed by atoms with Gasteiger partial charge < -0.3 is 4.43 Å². The minimum atomic E-state index is -1.76. The number of hydrogen-bond acceptors (Lipinski definition) is 2. The van der Waals surface area contributed by atoms with Gasteiger partial charge in [0.15, 0.2) is 0 Å². The van der Waals surface area contributed by atoms with E-state index in [2.05, 4.69) is 0 Å². The van der Waals surface area contributed by atoms with Gasteiger partial charge in [-0.25, -0.2) is 4.79 Å². The summed E-state index contributed by atoms with van der Waals surface area (Å²) in [5, 5.41) is 0. The third-order valence-electron chi connectivity index (χ3n) is 1.62. The molecular formula is C12H16O2Si. The fourth-order valence-electron chi connectivity index (χ4n) is 1.06. The first-order chi connectivity index (χ1) is 6.97. The lowest BCUT2D eigenvalue weighted by atomic mass is 10.2. The van der Waals surface area contributed by atoms with E-state index in [4.69, 9.17) is 4.43 Å². The summed E-state index contributed by atoms with van der Waals surface area (Å²) in [6, 6.07) is 9.70. The maximum absolute atomic E-state index is 11.4. The molecule has 0 aliphatic heterocycles. The standard InChI is InChI=1S/C12H16O2Si/c1-15(2,3)14-12(13)10-9-11-7-5-4-6-8-11/h4-10H,1-3H3. The van der Waals surface area contributed by atoms with Crippen molar-refractivity contribution in [2.75, 3.05) is 0 Å². The predicted molar refractivity (Wildman–Crippen MR) is 64.9 cm³/mol. The molecule has 15 heavy (non-hydrogen) atoms. The van der Waals surface area contributed by atoms with Crippen LogP contribution < -0.4 is 0 Å². The molecule has 0 saturated carbocycles. The van der Waals surface area contributed by atoms with Crippen LogP contribution in [0.15, 0.2) is 36.4 Å². The first-order valence-corrected chi connectivity index (χ1v) is 8.34. The van der Waals surface area contributed by atoms with Crippen LogP contribution in [-0.2, 0) is 9.22 Å². The number of carbonyl (C=O) groups is 1. The van der Waals surface area contributed by atoms with E-state index < -0.39 is 8.32 Å². The van der Waals surface area contributed by atoms with Crippen LogP contribution in [0, 0.1) is 0 Å². The molecule has 0 bridgehead atoms. The molecule has 2 nitrogen and oxygen atoms in total. The van der Waals surface area contributed by atoms with Crippen LogP contribution in [0.3, 0.4) is 0 Å². The normalized spacial score (nSPS) is 11.7. The van der Waals surface area contributed by atoms with Crippen LogP contribution in [0.4, 0.5) is 0 Å². The van der Waals surface area contributed by atoms with Gasteiger partial charge in [0.25, 0.3) is 0 Å². The van der Waals surface area contributed by atoms with Gasteiger partial charge in [0.1, 0.15) is 0 Å². The number of hydrogen-bond donors (Lipinski definition) is 0. The van der Waals surface area contributed by atoms with Gasteiger partial charge in [0.2, 0.25) is 8.32 Å². The molecule has 0 amide bonds. The van der Waals surface area contributed by atoms with Crippen molar-refractivity contribution in [2.24, 2.45) is 0 Å². The summed E-state index contributed by atoms with van der Waals surface area (Å²) in [7, 11) is -1.76. The smallest absolute Gasteiger partial charge is 0.317 e. The van der Waals surface area contributed by atoms with Gasteiger partial charge in [-0.15, -0.1) is 0 Å². The molecule has 1 aromatic carbocycles. The third kappa shape index (κ3) is 5.17. The summed E-state index contributed by atoms with van der Waals surface area (Å²) < 4.78 is 5.27. The lowest BCUT2D eigenvalue weighted by Gasteiger charge is -2.15. The van der Waals surface area contributed by atoms with Crippen LogP contribution in [0.2, 0.25) is 19.6 Å². The molecule has 0 spiro atoms. The Morgan fingerprint density at radius 2 is 1.80 bits per heavy atom. The Bertz CT molecular complexity index is 350. The fraction of sp³-hybridized carbons (Fsp3) is 0.250. The van der Waals surface area contributed by atoms with Crippen molar-refractivity contribution < 1.29 is 9.22 Å². The monoisotopic (exact) mass is 220 g/mol. The molecule has 0 aliphatic rings. The maximum atomic E-state index is 11.4. The third-order valence-corrected chi connectivity index (χ3v) is 2.43. The Kier molecular flexibility index (Phi) is 3.86. The average molecular weight is 220 g/mol. The van der Waals surface area contributed by atoms with Gasteiger partial charge in [-0.1, -0.05) is 30.3 Å². The molecule has 1 aromatic rings. The van der Waals surface area contributed by atoms with Gasteiger partial charge in [-0.05, 0) is 31.3 Å². The number of rotatable bonds is 3. The molecule has 0 aromatic heterocycles. The number of carbonyl (C=O) groups excluding carboxylic acids is 1. The van der Waals surface area contributed by atoms with Crippen molar-refractivity contribution >= 4 is 20.4 Å². The molecule has 0 aliphatic carbocycles. The minimum Gasteiger partial charge on any atom is -0.517 e. The van der Waals surface area contributed by atoms with E-state index in [1.54, 1.807) is 6.08 Å². The Balaban J connectivity index is 2.56. The van der Waals surface area contributed by atoms with Crippen molar-refractivity contribution in [3.05, 3.63) is 42.0 Å². The first-order valence-electron chi connectivity index (χ1n) is 4.93. The topological polar surface area (TPSA) is 26.3 Å². The lowest BCUT2D eigenvalue weighted by Crippen LogP contribution is -2.28. The summed E-state index contributed by atoms with van der Waals surface area (Å²) in [5.41, 5.74) is 1.00. The molecule has 0 unspecified atom stereocenters. The molecular weight excluding hydrogens is 204 g/mol.